The zero-order valence-electron chi connectivity index (χ0n) is 16.1. The van der Waals surface area contributed by atoms with Gasteiger partial charge in [0, 0.05) is 6.04 Å². The molecule has 0 aromatic heterocycles. The summed E-state index contributed by atoms with van der Waals surface area (Å²) in [5, 5.41) is 0. The summed E-state index contributed by atoms with van der Waals surface area (Å²) in [6.45, 7) is 5.76. The Balaban J connectivity index is 1.92. The number of piperidine rings is 1. The number of rotatable bonds is 7. The van der Waals surface area contributed by atoms with Gasteiger partial charge in [-0.15, -0.1) is 0 Å². The van der Waals surface area contributed by atoms with Crippen LogP contribution in [-0.4, -0.2) is 45.2 Å². The van der Waals surface area contributed by atoms with E-state index < -0.39 is 22.7 Å². The van der Waals surface area contributed by atoms with Crippen molar-refractivity contribution in [3.8, 4) is 0 Å². The summed E-state index contributed by atoms with van der Waals surface area (Å²) in [7, 11) is -3.64. The summed E-state index contributed by atoms with van der Waals surface area (Å²) in [5.74, 6) is 0.526. The van der Waals surface area contributed by atoms with Crippen molar-refractivity contribution in [2.45, 2.75) is 57.1 Å². The van der Waals surface area contributed by atoms with Gasteiger partial charge in [0.15, 0.2) is 0 Å². The quantitative estimate of drug-likeness (QED) is 0.749. The van der Waals surface area contributed by atoms with E-state index in [1.165, 1.54) is 4.90 Å². The lowest BCUT2D eigenvalue weighted by Crippen LogP contribution is -2.45. The van der Waals surface area contributed by atoms with Crippen LogP contribution in [0.1, 0.15) is 39.2 Å². The molecular formula is C19H29F3N2O2S. The van der Waals surface area contributed by atoms with Crippen molar-refractivity contribution in [3.63, 3.8) is 0 Å². The van der Waals surface area contributed by atoms with Gasteiger partial charge in [0.2, 0.25) is 10.0 Å². The molecule has 0 radical (unpaired) electrons. The third-order valence-electron chi connectivity index (χ3n) is 4.96. The summed E-state index contributed by atoms with van der Waals surface area (Å²) < 4.78 is 65.3. The fourth-order valence-electron chi connectivity index (χ4n) is 3.55. The number of nitrogens with zero attached hydrogens (tertiary/aromatic N) is 1. The predicted molar refractivity (Wildman–Crippen MR) is 100.0 cm³/mol. The predicted octanol–water partition coefficient (Wildman–Crippen LogP) is 3.83. The van der Waals surface area contributed by atoms with E-state index in [-0.39, 0.29) is 16.9 Å². The van der Waals surface area contributed by atoms with Gasteiger partial charge in [-0.2, -0.15) is 13.2 Å². The van der Waals surface area contributed by atoms with Gasteiger partial charge in [-0.1, -0.05) is 26.0 Å². The van der Waals surface area contributed by atoms with Gasteiger partial charge in [-0.05, 0) is 68.8 Å². The first kappa shape index (κ1) is 22.2. The fraction of sp³-hybridized carbons (Fsp3) is 0.684. The van der Waals surface area contributed by atoms with Crippen LogP contribution in [0.15, 0.2) is 29.2 Å². The van der Waals surface area contributed by atoms with Crippen LogP contribution in [0, 0.1) is 11.8 Å². The number of hydrogen-bond acceptors (Lipinski definition) is 3. The minimum Gasteiger partial charge on any atom is -0.295 e. The van der Waals surface area contributed by atoms with Gasteiger partial charge in [0.25, 0.3) is 0 Å². The maximum absolute atomic E-state index is 12.6. The van der Waals surface area contributed by atoms with Crippen molar-refractivity contribution in [2.24, 2.45) is 11.8 Å². The van der Waals surface area contributed by atoms with Crippen LogP contribution in [0.4, 0.5) is 13.2 Å². The number of hydrogen-bond donors (Lipinski definition) is 1. The second-order valence-corrected chi connectivity index (χ2v) is 9.59. The number of halogens is 3. The van der Waals surface area contributed by atoms with Gasteiger partial charge in [0.05, 0.1) is 11.4 Å². The summed E-state index contributed by atoms with van der Waals surface area (Å²) in [6.07, 6.45) is -2.21. The molecule has 0 aliphatic carbocycles. The van der Waals surface area contributed by atoms with E-state index in [0.717, 1.165) is 12.0 Å². The largest absolute Gasteiger partial charge is 0.401 e. The van der Waals surface area contributed by atoms with E-state index in [0.29, 0.717) is 31.8 Å². The van der Waals surface area contributed by atoms with Crippen LogP contribution < -0.4 is 4.72 Å². The molecule has 1 N–H and O–H groups in total. The molecule has 1 aromatic carbocycles. The molecule has 1 aliphatic rings. The Morgan fingerprint density at radius 1 is 1.11 bits per heavy atom. The molecule has 1 aromatic rings. The van der Waals surface area contributed by atoms with E-state index in [4.69, 9.17) is 0 Å². The van der Waals surface area contributed by atoms with E-state index in [1.54, 1.807) is 19.1 Å². The SMILES string of the molecule is CC(C)Cc1ccc(S(=O)(=O)N[C@@H](C)C2CCN(CC(F)(F)F)CC2)cc1. The molecule has 1 aliphatic heterocycles. The zero-order valence-corrected chi connectivity index (χ0v) is 16.9. The van der Waals surface area contributed by atoms with Crippen molar-refractivity contribution in [1.29, 1.82) is 0 Å². The van der Waals surface area contributed by atoms with E-state index in [2.05, 4.69) is 18.6 Å². The van der Waals surface area contributed by atoms with Crippen LogP contribution in [0.2, 0.25) is 0 Å². The topological polar surface area (TPSA) is 49.4 Å². The number of nitrogens with one attached hydrogen (secondary N) is 1. The molecule has 4 nitrogen and oxygen atoms in total. The number of alkyl halides is 3. The van der Waals surface area contributed by atoms with Gasteiger partial charge < -0.3 is 0 Å². The maximum atomic E-state index is 12.6. The highest BCUT2D eigenvalue weighted by Gasteiger charge is 2.34. The third-order valence-corrected chi connectivity index (χ3v) is 6.54. The Hall–Kier alpha value is -1.12. The van der Waals surface area contributed by atoms with E-state index in [1.807, 2.05) is 12.1 Å². The Kier molecular flexibility index (Phi) is 7.33. The summed E-state index contributed by atoms with van der Waals surface area (Å²) >= 11 is 0. The second-order valence-electron chi connectivity index (χ2n) is 7.88. The molecule has 0 saturated carbocycles. The van der Waals surface area contributed by atoms with E-state index in [9.17, 15) is 21.6 Å². The average Bonchev–Trinajstić information content (AvgIpc) is 2.53. The van der Waals surface area contributed by atoms with Crippen LogP contribution in [0.25, 0.3) is 0 Å². The zero-order chi connectivity index (χ0) is 20.2. The lowest BCUT2D eigenvalue weighted by molar-refractivity contribution is -0.148. The number of likely N-dealkylation sites (tertiary alicyclic amines) is 1. The summed E-state index contributed by atoms with van der Waals surface area (Å²) in [4.78, 5) is 1.60. The molecule has 1 saturated heterocycles. The van der Waals surface area contributed by atoms with Crippen LogP contribution in [0.3, 0.4) is 0 Å². The molecule has 8 heteroatoms. The first-order valence-corrected chi connectivity index (χ1v) is 10.8. The molecule has 0 unspecified atom stereocenters. The van der Waals surface area contributed by atoms with Gasteiger partial charge in [-0.25, -0.2) is 13.1 Å². The first-order chi connectivity index (χ1) is 12.5. The van der Waals surface area contributed by atoms with Crippen LogP contribution in [0.5, 0.6) is 0 Å². The minimum atomic E-state index is -4.19. The van der Waals surface area contributed by atoms with Crippen LogP contribution >= 0.6 is 0 Å². The van der Waals surface area contributed by atoms with Gasteiger partial charge >= 0.3 is 6.18 Å². The Morgan fingerprint density at radius 2 is 1.67 bits per heavy atom. The number of benzene rings is 1. The normalized spacial score (nSPS) is 18.8. The molecule has 0 amide bonds. The average molecular weight is 407 g/mol. The molecule has 1 atom stereocenters. The monoisotopic (exact) mass is 406 g/mol. The Bertz CT molecular complexity index is 695. The number of sulfonamides is 1. The Morgan fingerprint density at radius 3 is 2.15 bits per heavy atom. The van der Waals surface area contributed by atoms with Gasteiger partial charge in [0.1, 0.15) is 0 Å². The fourth-order valence-corrected chi connectivity index (χ4v) is 4.86. The standard InChI is InChI=1S/C19H29F3N2O2S/c1-14(2)12-16-4-6-18(7-5-16)27(25,26)23-15(3)17-8-10-24(11-9-17)13-19(20,21)22/h4-7,14-15,17,23H,8-13H2,1-3H3/t15-/m0/s1. The molecule has 0 bridgehead atoms. The smallest absolute Gasteiger partial charge is 0.295 e. The lowest BCUT2D eigenvalue weighted by Gasteiger charge is -2.35. The first-order valence-electron chi connectivity index (χ1n) is 9.36. The highest BCUT2D eigenvalue weighted by atomic mass is 32.2. The third kappa shape index (κ3) is 7.08. The minimum absolute atomic E-state index is 0.0319. The highest BCUT2D eigenvalue weighted by Crippen LogP contribution is 2.25. The summed E-state index contributed by atoms with van der Waals surface area (Å²) in [6, 6.07) is 6.56. The van der Waals surface area contributed by atoms with Crippen molar-refractivity contribution in [1.82, 2.24) is 9.62 Å². The molecular weight excluding hydrogens is 377 g/mol. The van der Waals surface area contributed by atoms with Crippen LogP contribution in [-0.2, 0) is 16.4 Å². The van der Waals surface area contributed by atoms with Crippen molar-refractivity contribution in [3.05, 3.63) is 29.8 Å². The maximum Gasteiger partial charge on any atom is 0.401 e. The Labute approximate surface area is 160 Å². The summed E-state index contributed by atoms with van der Waals surface area (Å²) in [5.41, 5.74) is 1.09. The molecule has 0 spiro atoms. The van der Waals surface area contributed by atoms with Crippen molar-refractivity contribution >= 4 is 10.0 Å². The van der Waals surface area contributed by atoms with Gasteiger partial charge in [-0.3, -0.25) is 4.90 Å². The molecule has 154 valence electrons. The molecule has 1 fully saturated rings. The highest BCUT2D eigenvalue weighted by molar-refractivity contribution is 7.89. The molecule has 27 heavy (non-hydrogen) atoms. The lowest BCUT2D eigenvalue weighted by atomic mass is 9.91. The van der Waals surface area contributed by atoms with Crippen molar-refractivity contribution in [2.75, 3.05) is 19.6 Å². The molecule has 2 rings (SSSR count). The van der Waals surface area contributed by atoms with E-state index >= 15 is 0 Å². The second kappa shape index (κ2) is 8.92. The molecule has 1 heterocycles. The van der Waals surface area contributed by atoms with Crippen molar-refractivity contribution < 1.29 is 21.6 Å².